The van der Waals surface area contributed by atoms with E-state index in [1.54, 1.807) is 0 Å². The maximum absolute atomic E-state index is 6.24. The van der Waals surface area contributed by atoms with Gasteiger partial charge in [0.25, 0.3) is 0 Å². The lowest BCUT2D eigenvalue weighted by molar-refractivity contribution is 0.488. The second kappa shape index (κ2) is 4.64. The van der Waals surface area contributed by atoms with Crippen LogP contribution in [0, 0.1) is 0 Å². The molecule has 0 fully saturated rings. The molecule has 0 spiro atoms. The van der Waals surface area contributed by atoms with Crippen molar-refractivity contribution in [2.45, 2.75) is 32.1 Å². The van der Waals surface area contributed by atoms with E-state index in [1.807, 2.05) is 6.07 Å². The van der Waals surface area contributed by atoms with Crippen molar-refractivity contribution in [3.63, 3.8) is 0 Å². The van der Waals surface area contributed by atoms with Crippen LogP contribution in [0.15, 0.2) is 40.9 Å². The highest BCUT2D eigenvalue weighted by molar-refractivity contribution is 9.10. The van der Waals surface area contributed by atoms with Crippen molar-refractivity contribution in [1.29, 1.82) is 0 Å². The van der Waals surface area contributed by atoms with Crippen LogP contribution in [-0.4, -0.2) is 0 Å². The van der Waals surface area contributed by atoms with Crippen molar-refractivity contribution >= 4 is 27.5 Å². The molecule has 0 unspecified atom stereocenters. The summed E-state index contributed by atoms with van der Waals surface area (Å²) in [5.74, 6) is 0. The van der Waals surface area contributed by atoms with E-state index >= 15 is 0 Å². The number of fused-ring (bicyclic) bond motifs is 3. The Morgan fingerprint density at radius 2 is 1.79 bits per heavy atom. The summed E-state index contributed by atoms with van der Waals surface area (Å²) in [5.41, 5.74) is 5.59. The molecular weight excluding hydrogens is 320 g/mol. The lowest BCUT2D eigenvalue weighted by Gasteiger charge is -2.30. The summed E-state index contributed by atoms with van der Waals surface area (Å²) in [6.45, 7) is 4.53. The molecule has 0 bridgehead atoms. The molecule has 2 aromatic carbocycles. The first-order valence-electron chi connectivity index (χ1n) is 6.73. The highest BCUT2D eigenvalue weighted by Gasteiger charge is 2.41. The Morgan fingerprint density at radius 3 is 2.47 bits per heavy atom. The first-order chi connectivity index (χ1) is 9.14. The van der Waals surface area contributed by atoms with Crippen molar-refractivity contribution in [2.75, 3.05) is 0 Å². The molecule has 19 heavy (non-hydrogen) atoms. The van der Waals surface area contributed by atoms with Crippen LogP contribution in [0.3, 0.4) is 0 Å². The predicted octanol–water partition coefficient (Wildman–Crippen LogP) is 6.19. The molecular formula is C17H16BrCl. The summed E-state index contributed by atoms with van der Waals surface area (Å²) in [6.07, 6.45) is 2.18. The molecule has 0 saturated carbocycles. The average molecular weight is 336 g/mol. The van der Waals surface area contributed by atoms with E-state index in [4.69, 9.17) is 11.6 Å². The van der Waals surface area contributed by atoms with Gasteiger partial charge in [0.2, 0.25) is 0 Å². The van der Waals surface area contributed by atoms with E-state index < -0.39 is 0 Å². The Morgan fingerprint density at radius 1 is 1.05 bits per heavy atom. The van der Waals surface area contributed by atoms with Gasteiger partial charge in [-0.1, -0.05) is 59.6 Å². The third-order valence-corrected chi connectivity index (χ3v) is 5.38. The molecule has 0 N–H and O–H groups in total. The summed E-state index contributed by atoms with van der Waals surface area (Å²) in [7, 11) is 0. The number of hydrogen-bond acceptors (Lipinski definition) is 0. The van der Waals surface area contributed by atoms with E-state index in [-0.39, 0.29) is 5.41 Å². The Balaban J connectivity index is 2.42. The van der Waals surface area contributed by atoms with Gasteiger partial charge < -0.3 is 0 Å². The molecule has 0 aliphatic heterocycles. The van der Waals surface area contributed by atoms with Crippen molar-refractivity contribution < 1.29 is 0 Å². The van der Waals surface area contributed by atoms with Gasteiger partial charge in [0.15, 0.2) is 0 Å². The van der Waals surface area contributed by atoms with E-state index in [1.165, 1.54) is 26.7 Å². The van der Waals surface area contributed by atoms with E-state index in [0.29, 0.717) is 0 Å². The molecule has 98 valence electrons. The van der Waals surface area contributed by atoms with Gasteiger partial charge in [-0.25, -0.2) is 0 Å². The Bertz CT molecular complexity index is 642. The van der Waals surface area contributed by atoms with E-state index in [0.717, 1.165) is 17.9 Å². The molecule has 0 radical (unpaired) electrons. The Hall–Kier alpha value is -0.790. The van der Waals surface area contributed by atoms with Crippen LogP contribution < -0.4 is 0 Å². The summed E-state index contributed by atoms with van der Waals surface area (Å²) < 4.78 is 1.21. The van der Waals surface area contributed by atoms with Crippen molar-refractivity contribution in [3.8, 4) is 11.1 Å². The fraction of sp³-hybridized carbons (Fsp3) is 0.294. The van der Waals surface area contributed by atoms with Gasteiger partial charge >= 0.3 is 0 Å². The number of rotatable bonds is 2. The van der Waals surface area contributed by atoms with E-state index in [9.17, 15) is 0 Å². The zero-order valence-electron chi connectivity index (χ0n) is 11.1. The number of benzene rings is 2. The maximum Gasteiger partial charge on any atom is 0.0409 e. The first kappa shape index (κ1) is 13.2. The van der Waals surface area contributed by atoms with Crippen LogP contribution in [0.1, 0.15) is 37.8 Å². The smallest absolute Gasteiger partial charge is 0.0409 e. The SMILES string of the molecule is CCC1(CC)c2cc(Cl)ccc2-c2cccc(Br)c21. The van der Waals surface area contributed by atoms with Gasteiger partial charge in [-0.05, 0) is 53.3 Å². The summed E-state index contributed by atoms with van der Waals surface area (Å²) in [5, 5.41) is 0.828. The molecule has 0 heterocycles. The van der Waals surface area contributed by atoms with Crippen LogP contribution in [0.25, 0.3) is 11.1 Å². The monoisotopic (exact) mass is 334 g/mol. The molecule has 0 saturated heterocycles. The molecule has 1 aliphatic rings. The lowest BCUT2D eigenvalue weighted by atomic mass is 9.74. The van der Waals surface area contributed by atoms with Crippen molar-refractivity contribution in [1.82, 2.24) is 0 Å². The van der Waals surface area contributed by atoms with Crippen LogP contribution in [0.5, 0.6) is 0 Å². The molecule has 0 nitrogen and oxygen atoms in total. The third kappa shape index (κ3) is 1.71. The highest BCUT2D eigenvalue weighted by Crippen LogP contribution is 2.55. The molecule has 1 aliphatic carbocycles. The molecule has 0 aromatic heterocycles. The quantitative estimate of drug-likeness (QED) is 0.614. The fourth-order valence-corrected chi connectivity index (χ4v) is 4.42. The van der Waals surface area contributed by atoms with Gasteiger partial charge in [-0.15, -0.1) is 0 Å². The maximum atomic E-state index is 6.24. The molecule has 0 atom stereocenters. The third-order valence-electron chi connectivity index (χ3n) is 4.49. The minimum absolute atomic E-state index is 0.0929. The largest absolute Gasteiger partial charge is 0.0843 e. The van der Waals surface area contributed by atoms with Gasteiger partial charge in [-0.3, -0.25) is 0 Å². The molecule has 2 aromatic rings. The Kier molecular flexibility index (Phi) is 3.23. The molecule has 0 amide bonds. The first-order valence-corrected chi connectivity index (χ1v) is 7.90. The van der Waals surface area contributed by atoms with Crippen LogP contribution in [0.2, 0.25) is 5.02 Å². The highest BCUT2D eigenvalue weighted by atomic mass is 79.9. The lowest BCUT2D eigenvalue weighted by Crippen LogP contribution is -2.23. The van der Waals surface area contributed by atoms with Crippen LogP contribution >= 0.6 is 27.5 Å². The van der Waals surface area contributed by atoms with Crippen molar-refractivity contribution in [3.05, 3.63) is 57.0 Å². The zero-order valence-corrected chi connectivity index (χ0v) is 13.5. The summed E-state index contributed by atoms with van der Waals surface area (Å²) in [4.78, 5) is 0. The second-order valence-electron chi connectivity index (χ2n) is 5.14. The van der Waals surface area contributed by atoms with Gasteiger partial charge in [-0.2, -0.15) is 0 Å². The van der Waals surface area contributed by atoms with Crippen molar-refractivity contribution in [2.24, 2.45) is 0 Å². The van der Waals surface area contributed by atoms with Gasteiger partial charge in [0.05, 0.1) is 0 Å². The normalized spacial score (nSPS) is 15.2. The minimum atomic E-state index is 0.0929. The average Bonchev–Trinajstić information content (AvgIpc) is 2.70. The minimum Gasteiger partial charge on any atom is -0.0843 e. The molecule has 2 heteroatoms. The number of halogens is 2. The van der Waals surface area contributed by atoms with Crippen LogP contribution in [0.4, 0.5) is 0 Å². The second-order valence-corrected chi connectivity index (χ2v) is 6.43. The Labute approximate surface area is 127 Å². The fourth-order valence-electron chi connectivity index (χ4n) is 3.50. The predicted molar refractivity (Wildman–Crippen MR) is 86.0 cm³/mol. The topological polar surface area (TPSA) is 0 Å². The van der Waals surface area contributed by atoms with Crippen LogP contribution in [-0.2, 0) is 5.41 Å². The van der Waals surface area contributed by atoms with Gasteiger partial charge in [0.1, 0.15) is 0 Å². The molecule has 3 rings (SSSR count). The standard InChI is InChI=1S/C17H16BrCl/c1-3-17(4-2)14-10-11(19)8-9-12(14)13-6-5-7-15(18)16(13)17/h5-10H,3-4H2,1-2H3. The summed E-state index contributed by atoms with van der Waals surface area (Å²) >= 11 is 9.98. The number of hydrogen-bond donors (Lipinski definition) is 0. The zero-order chi connectivity index (χ0) is 13.6. The van der Waals surface area contributed by atoms with E-state index in [2.05, 4.69) is 60.1 Å². The van der Waals surface area contributed by atoms with Gasteiger partial charge in [0, 0.05) is 14.9 Å². The summed E-state index contributed by atoms with van der Waals surface area (Å²) in [6, 6.07) is 12.8.